The minimum Gasteiger partial charge on any atom is -0.322 e. The summed E-state index contributed by atoms with van der Waals surface area (Å²) >= 11 is 3.69. The Bertz CT molecular complexity index is 85.7. The van der Waals surface area contributed by atoms with Crippen molar-refractivity contribution in [2.24, 2.45) is 5.73 Å². The van der Waals surface area contributed by atoms with Gasteiger partial charge in [0.05, 0.1) is 0 Å². The third-order valence-corrected chi connectivity index (χ3v) is 3.21. The van der Waals surface area contributed by atoms with Crippen LogP contribution in [0.25, 0.3) is 0 Å². The van der Waals surface area contributed by atoms with Crippen LogP contribution in [0.2, 0.25) is 0 Å². The lowest BCUT2D eigenvalue weighted by Gasteiger charge is -2.08. The molecule has 0 aliphatic rings. The van der Waals surface area contributed by atoms with Gasteiger partial charge in [-0.1, -0.05) is 13.0 Å². The maximum Gasteiger partial charge on any atom is 0.0393 e. The van der Waals surface area contributed by atoms with Crippen molar-refractivity contribution in [3.05, 3.63) is 12.7 Å². The Balaban J connectivity index is 3.29. The Morgan fingerprint density at radius 2 is 2.40 bits per heavy atom. The van der Waals surface area contributed by atoms with Crippen molar-refractivity contribution in [1.82, 2.24) is 0 Å². The van der Waals surface area contributed by atoms with Gasteiger partial charge in [-0.3, -0.25) is 0 Å². The molecule has 0 aromatic heterocycles. The van der Waals surface area contributed by atoms with Gasteiger partial charge in [0.2, 0.25) is 0 Å². The largest absolute Gasteiger partial charge is 0.322 e. The van der Waals surface area contributed by atoms with Gasteiger partial charge in [0.1, 0.15) is 0 Å². The highest BCUT2D eigenvalue weighted by Crippen LogP contribution is 2.15. The molecule has 0 saturated carbocycles. The standard InChI is InChI=1S/C7H15NS2/c1-3-7(10-4-2)5-9-6-8/h3,7H,1,4-6,8H2,2H3/t7-/m0/s1. The SMILES string of the molecule is C=C[C@@H](CSCN)SCC. The zero-order valence-corrected chi connectivity index (χ0v) is 8.01. The van der Waals surface area contributed by atoms with E-state index in [1.54, 1.807) is 11.8 Å². The van der Waals surface area contributed by atoms with Gasteiger partial charge in [0.25, 0.3) is 0 Å². The Morgan fingerprint density at radius 3 is 2.80 bits per heavy atom. The van der Waals surface area contributed by atoms with Crippen molar-refractivity contribution in [2.45, 2.75) is 12.2 Å². The summed E-state index contributed by atoms with van der Waals surface area (Å²) in [5.74, 6) is 2.97. The molecule has 1 atom stereocenters. The summed E-state index contributed by atoms with van der Waals surface area (Å²) < 4.78 is 0. The molecule has 0 rings (SSSR count). The molecule has 60 valence electrons. The summed E-state index contributed by atoms with van der Waals surface area (Å²) in [6.45, 7) is 5.92. The molecule has 0 spiro atoms. The maximum atomic E-state index is 5.35. The van der Waals surface area contributed by atoms with Gasteiger partial charge in [0, 0.05) is 16.9 Å². The van der Waals surface area contributed by atoms with Crippen molar-refractivity contribution in [3.63, 3.8) is 0 Å². The predicted octanol–water partition coefficient (Wildman–Crippen LogP) is 1.94. The lowest BCUT2D eigenvalue weighted by Crippen LogP contribution is -2.05. The molecule has 0 amide bonds. The van der Waals surface area contributed by atoms with Crippen LogP contribution in [0.3, 0.4) is 0 Å². The maximum absolute atomic E-state index is 5.35. The first-order valence-corrected chi connectivity index (χ1v) is 5.57. The lowest BCUT2D eigenvalue weighted by molar-refractivity contribution is 1.25. The van der Waals surface area contributed by atoms with Gasteiger partial charge in [0.15, 0.2) is 0 Å². The lowest BCUT2D eigenvalue weighted by atomic mass is 10.5. The van der Waals surface area contributed by atoms with Crippen LogP contribution in [0.1, 0.15) is 6.92 Å². The van der Waals surface area contributed by atoms with E-state index in [1.165, 1.54) is 0 Å². The summed E-state index contributed by atoms with van der Waals surface area (Å²) in [5.41, 5.74) is 5.35. The summed E-state index contributed by atoms with van der Waals surface area (Å²) in [6, 6.07) is 0. The van der Waals surface area contributed by atoms with Crippen LogP contribution in [0.5, 0.6) is 0 Å². The first kappa shape index (κ1) is 10.4. The second kappa shape index (κ2) is 7.51. The molecular weight excluding hydrogens is 162 g/mol. The zero-order chi connectivity index (χ0) is 7.82. The van der Waals surface area contributed by atoms with Crippen molar-refractivity contribution in [3.8, 4) is 0 Å². The van der Waals surface area contributed by atoms with Crippen molar-refractivity contribution >= 4 is 23.5 Å². The fraction of sp³-hybridized carbons (Fsp3) is 0.714. The van der Waals surface area contributed by atoms with Crippen LogP contribution in [0, 0.1) is 0 Å². The highest BCUT2D eigenvalue weighted by atomic mass is 32.2. The number of hydrogen-bond acceptors (Lipinski definition) is 3. The molecule has 0 aromatic carbocycles. The van der Waals surface area contributed by atoms with E-state index in [0.29, 0.717) is 11.1 Å². The van der Waals surface area contributed by atoms with Gasteiger partial charge in [-0.25, -0.2) is 0 Å². The van der Waals surface area contributed by atoms with Crippen LogP contribution >= 0.6 is 23.5 Å². The summed E-state index contributed by atoms with van der Waals surface area (Å²) in [7, 11) is 0. The molecule has 0 fully saturated rings. The fourth-order valence-electron chi connectivity index (χ4n) is 0.582. The van der Waals surface area contributed by atoms with Crippen LogP contribution in [-0.2, 0) is 0 Å². The third-order valence-electron chi connectivity index (χ3n) is 1.04. The Labute approximate surface area is 71.8 Å². The number of thioether (sulfide) groups is 2. The molecule has 0 aliphatic carbocycles. The van der Waals surface area contributed by atoms with Gasteiger partial charge < -0.3 is 5.73 Å². The van der Waals surface area contributed by atoms with Gasteiger partial charge in [-0.2, -0.15) is 11.8 Å². The van der Waals surface area contributed by atoms with E-state index in [-0.39, 0.29) is 0 Å². The second-order valence-corrected chi connectivity index (χ2v) is 4.36. The fourth-order valence-corrected chi connectivity index (χ4v) is 2.32. The molecule has 0 radical (unpaired) electrons. The molecule has 0 saturated heterocycles. The third kappa shape index (κ3) is 5.21. The second-order valence-electron chi connectivity index (χ2n) is 1.77. The first-order chi connectivity index (χ1) is 4.85. The molecule has 1 nitrogen and oxygen atoms in total. The smallest absolute Gasteiger partial charge is 0.0393 e. The number of rotatable bonds is 6. The van der Waals surface area contributed by atoms with E-state index in [1.807, 2.05) is 17.8 Å². The van der Waals surface area contributed by atoms with E-state index < -0.39 is 0 Å². The minimum atomic E-state index is 0.582. The predicted molar refractivity (Wildman–Crippen MR) is 53.6 cm³/mol. The van der Waals surface area contributed by atoms with E-state index in [2.05, 4.69) is 13.5 Å². The summed E-state index contributed by atoms with van der Waals surface area (Å²) in [4.78, 5) is 0. The molecule has 3 heteroatoms. The summed E-state index contributed by atoms with van der Waals surface area (Å²) in [6.07, 6.45) is 2.00. The van der Waals surface area contributed by atoms with Crippen LogP contribution in [-0.4, -0.2) is 22.6 Å². The van der Waals surface area contributed by atoms with Crippen molar-refractivity contribution < 1.29 is 0 Å². The Hall–Kier alpha value is 0.400. The molecule has 10 heavy (non-hydrogen) atoms. The van der Waals surface area contributed by atoms with E-state index in [0.717, 1.165) is 11.5 Å². The van der Waals surface area contributed by atoms with Crippen LogP contribution in [0.15, 0.2) is 12.7 Å². The number of nitrogens with two attached hydrogens (primary N) is 1. The van der Waals surface area contributed by atoms with Crippen molar-refractivity contribution in [2.75, 3.05) is 17.4 Å². The monoisotopic (exact) mass is 177 g/mol. The van der Waals surface area contributed by atoms with E-state index >= 15 is 0 Å². The van der Waals surface area contributed by atoms with Gasteiger partial charge in [-0.05, 0) is 5.75 Å². The minimum absolute atomic E-state index is 0.582. The molecule has 0 bridgehead atoms. The van der Waals surface area contributed by atoms with E-state index in [4.69, 9.17) is 5.73 Å². The highest BCUT2D eigenvalue weighted by Gasteiger charge is 2.00. The topological polar surface area (TPSA) is 26.0 Å². The molecular formula is C7H15NS2. The Kier molecular flexibility index (Phi) is 7.81. The molecule has 2 N–H and O–H groups in total. The van der Waals surface area contributed by atoms with Crippen LogP contribution in [0.4, 0.5) is 0 Å². The molecule has 0 heterocycles. The highest BCUT2D eigenvalue weighted by molar-refractivity contribution is 8.03. The first-order valence-electron chi connectivity index (χ1n) is 3.37. The normalized spacial score (nSPS) is 13.0. The molecule has 0 aromatic rings. The van der Waals surface area contributed by atoms with Gasteiger partial charge >= 0.3 is 0 Å². The zero-order valence-electron chi connectivity index (χ0n) is 6.38. The summed E-state index contributed by atoms with van der Waals surface area (Å²) in [5, 5.41) is 0.582. The Morgan fingerprint density at radius 1 is 1.70 bits per heavy atom. The van der Waals surface area contributed by atoms with E-state index in [9.17, 15) is 0 Å². The number of hydrogen-bond donors (Lipinski definition) is 1. The quantitative estimate of drug-likeness (QED) is 0.496. The average molecular weight is 177 g/mol. The van der Waals surface area contributed by atoms with Crippen molar-refractivity contribution in [1.29, 1.82) is 0 Å². The molecule has 0 aliphatic heterocycles. The van der Waals surface area contributed by atoms with Gasteiger partial charge in [-0.15, -0.1) is 18.3 Å². The van der Waals surface area contributed by atoms with Crippen LogP contribution < -0.4 is 5.73 Å². The molecule has 0 unspecified atom stereocenters. The average Bonchev–Trinajstić information content (AvgIpc) is 1.98.